The summed E-state index contributed by atoms with van der Waals surface area (Å²) in [5.41, 5.74) is 6.53. The van der Waals surface area contributed by atoms with Crippen LogP contribution >= 0.6 is 0 Å². The lowest BCUT2D eigenvalue weighted by atomic mass is 10.1. The summed E-state index contributed by atoms with van der Waals surface area (Å²) in [7, 11) is -4.52. The molecule has 2 aromatic carbocycles. The van der Waals surface area contributed by atoms with Gasteiger partial charge in [-0.05, 0) is 23.8 Å². The Balaban J connectivity index is 1.98. The molecule has 3 N–H and O–H groups in total. The Kier molecular flexibility index (Phi) is 3.86. The Labute approximate surface area is 138 Å². The molecule has 1 heterocycles. The van der Waals surface area contributed by atoms with Crippen LogP contribution in [0.15, 0.2) is 48.5 Å². The fourth-order valence-electron chi connectivity index (χ4n) is 2.68. The van der Waals surface area contributed by atoms with Gasteiger partial charge in [-0.2, -0.15) is 8.42 Å². The van der Waals surface area contributed by atoms with Crippen molar-refractivity contribution in [2.45, 2.75) is 5.25 Å². The van der Waals surface area contributed by atoms with Crippen molar-refractivity contribution in [2.75, 3.05) is 12.3 Å². The van der Waals surface area contributed by atoms with Gasteiger partial charge in [0.05, 0.1) is 17.7 Å². The number of rotatable bonds is 4. The highest BCUT2D eigenvalue weighted by molar-refractivity contribution is 7.86. The van der Waals surface area contributed by atoms with E-state index in [4.69, 9.17) is 5.73 Å². The molecule has 2 aromatic rings. The predicted molar refractivity (Wildman–Crippen MR) is 87.0 cm³/mol. The van der Waals surface area contributed by atoms with Gasteiger partial charge in [0.15, 0.2) is 0 Å². The largest absolute Gasteiger partial charge is 0.399 e. The average Bonchev–Trinajstić information content (AvgIpc) is 2.76. The summed E-state index contributed by atoms with van der Waals surface area (Å²) in [4.78, 5) is 25.6. The van der Waals surface area contributed by atoms with Gasteiger partial charge in [-0.25, -0.2) is 0 Å². The summed E-state index contributed by atoms with van der Waals surface area (Å²) in [6.45, 7) is -0.477. The van der Waals surface area contributed by atoms with Gasteiger partial charge in [-0.3, -0.25) is 19.0 Å². The van der Waals surface area contributed by atoms with Gasteiger partial charge < -0.3 is 5.73 Å². The van der Waals surface area contributed by atoms with Crippen LogP contribution in [0.3, 0.4) is 0 Å². The van der Waals surface area contributed by atoms with Crippen LogP contribution in [0.25, 0.3) is 0 Å². The summed E-state index contributed by atoms with van der Waals surface area (Å²) < 4.78 is 33.0. The van der Waals surface area contributed by atoms with Crippen molar-refractivity contribution in [3.63, 3.8) is 0 Å². The van der Waals surface area contributed by atoms with Crippen LogP contribution in [-0.2, 0) is 10.1 Å². The first-order valence-electron chi connectivity index (χ1n) is 7.06. The number of nitrogen functional groups attached to an aromatic ring is 1. The van der Waals surface area contributed by atoms with Crippen molar-refractivity contribution >= 4 is 27.6 Å². The third-order valence-corrected chi connectivity index (χ3v) is 5.01. The second-order valence-electron chi connectivity index (χ2n) is 5.44. The molecule has 0 saturated heterocycles. The van der Waals surface area contributed by atoms with Crippen molar-refractivity contribution in [3.05, 3.63) is 65.2 Å². The molecule has 0 aromatic heterocycles. The molecule has 24 heavy (non-hydrogen) atoms. The van der Waals surface area contributed by atoms with Crippen LogP contribution in [0.5, 0.6) is 0 Å². The van der Waals surface area contributed by atoms with E-state index in [1.807, 2.05) is 0 Å². The first-order valence-corrected chi connectivity index (χ1v) is 8.56. The number of carbonyl (C=O) groups excluding carboxylic acids is 2. The number of amides is 2. The number of nitrogens with zero attached hydrogens (tertiary/aromatic N) is 1. The van der Waals surface area contributed by atoms with Gasteiger partial charge in [-0.15, -0.1) is 0 Å². The molecular formula is C16H14N2O5S. The van der Waals surface area contributed by atoms with Gasteiger partial charge in [0.1, 0.15) is 5.25 Å². The zero-order chi connectivity index (χ0) is 17.5. The second kappa shape index (κ2) is 5.73. The SMILES string of the molecule is Nc1ccc2c(c1)C(=O)N(CC(c1ccccc1)S(=O)(=O)O)C2=O. The van der Waals surface area contributed by atoms with E-state index in [1.165, 1.54) is 30.3 Å². The van der Waals surface area contributed by atoms with E-state index < -0.39 is 33.7 Å². The van der Waals surface area contributed by atoms with E-state index in [1.54, 1.807) is 18.2 Å². The van der Waals surface area contributed by atoms with E-state index in [0.717, 1.165) is 4.90 Å². The first-order chi connectivity index (χ1) is 11.3. The molecule has 124 valence electrons. The number of fused-ring (bicyclic) bond motifs is 1. The normalized spacial score (nSPS) is 15.5. The molecule has 3 rings (SSSR count). The number of benzene rings is 2. The minimum Gasteiger partial charge on any atom is -0.399 e. The smallest absolute Gasteiger partial charge is 0.273 e. The molecular weight excluding hydrogens is 332 g/mol. The van der Waals surface area contributed by atoms with Gasteiger partial charge >= 0.3 is 0 Å². The minimum atomic E-state index is -4.52. The minimum absolute atomic E-state index is 0.127. The molecule has 1 aliphatic rings. The van der Waals surface area contributed by atoms with Crippen LogP contribution in [0, 0.1) is 0 Å². The van der Waals surface area contributed by atoms with Crippen molar-refractivity contribution in [3.8, 4) is 0 Å². The van der Waals surface area contributed by atoms with Gasteiger partial charge in [0, 0.05) is 5.69 Å². The lowest BCUT2D eigenvalue weighted by molar-refractivity contribution is 0.0653. The third kappa shape index (κ3) is 2.77. The zero-order valence-electron chi connectivity index (χ0n) is 12.4. The highest BCUT2D eigenvalue weighted by Crippen LogP contribution is 2.29. The summed E-state index contributed by atoms with van der Waals surface area (Å²) in [6, 6.07) is 12.2. The quantitative estimate of drug-likeness (QED) is 0.492. The maximum atomic E-state index is 12.4. The van der Waals surface area contributed by atoms with E-state index in [-0.39, 0.29) is 16.7 Å². The molecule has 1 aliphatic heterocycles. The van der Waals surface area contributed by atoms with Crippen LogP contribution in [0.2, 0.25) is 0 Å². The topological polar surface area (TPSA) is 118 Å². The lowest BCUT2D eigenvalue weighted by Gasteiger charge is -2.20. The van der Waals surface area contributed by atoms with E-state index >= 15 is 0 Å². The maximum Gasteiger partial charge on any atom is 0.273 e. The molecule has 2 amide bonds. The van der Waals surface area contributed by atoms with Gasteiger partial charge in [0.25, 0.3) is 21.9 Å². The summed E-state index contributed by atoms with van der Waals surface area (Å²) >= 11 is 0. The van der Waals surface area contributed by atoms with Gasteiger partial charge in [0.2, 0.25) is 0 Å². The molecule has 7 nitrogen and oxygen atoms in total. The molecule has 0 spiro atoms. The Morgan fingerprint density at radius 3 is 2.25 bits per heavy atom. The summed E-state index contributed by atoms with van der Waals surface area (Å²) in [5, 5.41) is -1.42. The van der Waals surface area contributed by atoms with Crippen LogP contribution < -0.4 is 5.73 Å². The Hall–Kier alpha value is -2.71. The monoisotopic (exact) mass is 346 g/mol. The Morgan fingerprint density at radius 1 is 1.00 bits per heavy atom. The van der Waals surface area contributed by atoms with Crippen molar-refractivity contribution < 1.29 is 22.6 Å². The number of hydrogen-bond donors (Lipinski definition) is 2. The zero-order valence-corrected chi connectivity index (χ0v) is 13.2. The fourth-order valence-corrected chi connectivity index (χ4v) is 3.52. The molecule has 8 heteroatoms. The summed E-state index contributed by atoms with van der Waals surface area (Å²) in [6.07, 6.45) is 0. The van der Waals surface area contributed by atoms with Crippen molar-refractivity contribution in [1.29, 1.82) is 0 Å². The van der Waals surface area contributed by atoms with E-state index in [0.29, 0.717) is 5.69 Å². The maximum absolute atomic E-state index is 12.4. The van der Waals surface area contributed by atoms with Gasteiger partial charge in [-0.1, -0.05) is 30.3 Å². The Bertz CT molecular complexity index is 925. The van der Waals surface area contributed by atoms with Crippen molar-refractivity contribution in [2.24, 2.45) is 0 Å². The average molecular weight is 346 g/mol. The van der Waals surface area contributed by atoms with Crippen molar-refractivity contribution in [1.82, 2.24) is 4.90 Å². The standard InChI is InChI=1S/C16H14N2O5S/c17-11-6-7-12-13(8-11)16(20)18(15(12)19)9-14(24(21,22)23)10-4-2-1-3-5-10/h1-8,14H,9,17H2,(H,21,22,23). The molecule has 0 radical (unpaired) electrons. The number of nitrogens with two attached hydrogens (primary N) is 1. The molecule has 1 atom stereocenters. The summed E-state index contributed by atoms with van der Waals surface area (Å²) in [5.74, 6) is -1.24. The number of anilines is 1. The fraction of sp³-hybridized carbons (Fsp3) is 0.125. The highest BCUT2D eigenvalue weighted by Gasteiger charge is 2.39. The highest BCUT2D eigenvalue weighted by atomic mass is 32.2. The number of hydrogen-bond acceptors (Lipinski definition) is 5. The van der Waals surface area contributed by atoms with E-state index in [9.17, 15) is 22.6 Å². The van der Waals surface area contributed by atoms with E-state index in [2.05, 4.69) is 0 Å². The number of carbonyl (C=O) groups is 2. The first kappa shape index (κ1) is 16.2. The van der Waals surface area contributed by atoms with Crippen LogP contribution in [-0.4, -0.2) is 36.2 Å². The van der Waals surface area contributed by atoms with Crippen LogP contribution in [0.1, 0.15) is 31.5 Å². The molecule has 0 bridgehead atoms. The molecule has 0 saturated carbocycles. The number of imide groups is 1. The Morgan fingerprint density at radius 2 is 1.62 bits per heavy atom. The molecule has 1 unspecified atom stereocenters. The third-order valence-electron chi connectivity index (χ3n) is 3.87. The van der Waals surface area contributed by atoms with Crippen LogP contribution in [0.4, 0.5) is 5.69 Å². The molecule has 0 fully saturated rings. The lowest BCUT2D eigenvalue weighted by Crippen LogP contribution is -2.36. The second-order valence-corrected chi connectivity index (χ2v) is 7.04. The molecule has 0 aliphatic carbocycles. The predicted octanol–water partition coefficient (Wildman–Crippen LogP) is 1.49.